The van der Waals surface area contributed by atoms with Gasteiger partial charge in [-0.15, -0.1) is 0 Å². The van der Waals surface area contributed by atoms with Crippen LogP contribution in [-0.2, 0) is 9.59 Å². The van der Waals surface area contributed by atoms with Crippen molar-refractivity contribution in [2.75, 3.05) is 10.6 Å². The second-order valence-corrected chi connectivity index (χ2v) is 5.81. The van der Waals surface area contributed by atoms with E-state index < -0.39 is 0 Å². The molecule has 2 rings (SSSR count). The highest BCUT2D eigenvalue weighted by Gasteiger charge is 2.24. The SMILES string of the molecule is CC(=O)Nc1ccc(C)c(NC(=O)C2CCC(N)CC2)c1. The molecule has 1 aromatic rings. The highest BCUT2D eigenvalue weighted by Crippen LogP contribution is 2.26. The number of hydrogen-bond acceptors (Lipinski definition) is 3. The number of anilines is 2. The molecular formula is C16H23N3O2. The van der Waals surface area contributed by atoms with Crippen LogP contribution in [0.1, 0.15) is 38.2 Å². The number of aryl methyl sites for hydroxylation is 1. The molecule has 21 heavy (non-hydrogen) atoms. The van der Waals surface area contributed by atoms with E-state index in [4.69, 9.17) is 5.73 Å². The fraction of sp³-hybridized carbons (Fsp3) is 0.500. The summed E-state index contributed by atoms with van der Waals surface area (Å²) in [5, 5.41) is 5.70. The summed E-state index contributed by atoms with van der Waals surface area (Å²) in [6.07, 6.45) is 3.50. The third-order valence-electron chi connectivity index (χ3n) is 3.96. The summed E-state index contributed by atoms with van der Waals surface area (Å²) >= 11 is 0. The quantitative estimate of drug-likeness (QED) is 0.799. The van der Waals surface area contributed by atoms with Gasteiger partial charge in [-0.2, -0.15) is 0 Å². The Morgan fingerprint density at radius 1 is 1.14 bits per heavy atom. The molecular weight excluding hydrogens is 266 g/mol. The molecule has 0 atom stereocenters. The smallest absolute Gasteiger partial charge is 0.227 e. The second kappa shape index (κ2) is 6.72. The van der Waals surface area contributed by atoms with Crippen LogP contribution in [-0.4, -0.2) is 17.9 Å². The first kappa shape index (κ1) is 15.5. The Morgan fingerprint density at radius 2 is 1.81 bits per heavy atom. The first-order chi connectivity index (χ1) is 9.95. The van der Waals surface area contributed by atoms with E-state index in [1.165, 1.54) is 6.92 Å². The van der Waals surface area contributed by atoms with Gasteiger partial charge in [0.15, 0.2) is 0 Å². The van der Waals surface area contributed by atoms with E-state index in [0.29, 0.717) is 5.69 Å². The Balaban J connectivity index is 2.04. The van der Waals surface area contributed by atoms with Crippen LogP contribution in [0.25, 0.3) is 0 Å². The molecule has 1 aromatic carbocycles. The number of rotatable bonds is 3. The fourth-order valence-corrected chi connectivity index (χ4v) is 2.65. The maximum Gasteiger partial charge on any atom is 0.227 e. The van der Waals surface area contributed by atoms with Crippen LogP contribution in [0.3, 0.4) is 0 Å². The molecule has 0 bridgehead atoms. The number of nitrogens with one attached hydrogen (secondary N) is 2. The fourth-order valence-electron chi connectivity index (χ4n) is 2.65. The maximum absolute atomic E-state index is 12.3. The predicted octanol–water partition coefficient (Wildman–Crippen LogP) is 2.41. The van der Waals surface area contributed by atoms with E-state index >= 15 is 0 Å². The highest BCUT2D eigenvalue weighted by molar-refractivity contribution is 5.95. The van der Waals surface area contributed by atoms with Gasteiger partial charge in [0.25, 0.3) is 0 Å². The summed E-state index contributed by atoms with van der Waals surface area (Å²) in [4.78, 5) is 23.4. The zero-order valence-corrected chi connectivity index (χ0v) is 12.6. The van der Waals surface area contributed by atoms with Crippen molar-refractivity contribution in [1.29, 1.82) is 0 Å². The molecule has 0 heterocycles. The molecule has 0 spiro atoms. The first-order valence-electron chi connectivity index (χ1n) is 7.40. The molecule has 0 aliphatic heterocycles. The molecule has 1 aliphatic carbocycles. The van der Waals surface area contributed by atoms with E-state index in [9.17, 15) is 9.59 Å². The summed E-state index contributed by atoms with van der Waals surface area (Å²) in [5.41, 5.74) is 8.28. The summed E-state index contributed by atoms with van der Waals surface area (Å²) in [5.74, 6) is -0.0454. The topological polar surface area (TPSA) is 84.2 Å². The molecule has 0 radical (unpaired) electrons. The van der Waals surface area contributed by atoms with E-state index in [-0.39, 0.29) is 23.8 Å². The Morgan fingerprint density at radius 3 is 2.43 bits per heavy atom. The number of benzene rings is 1. The standard InChI is InChI=1S/C16H23N3O2/c1-10-3-8-14(18-11(2)20)9-15(10)19-16(21)12-4-6-13(17)7-5-12/h3,8-9,12-13H,4-7,17H2,1-2H3,(H,18,20)(H,19,21). The van der Waals surface area contributed by atoms with Gasteiger partial charge >= 0.3 is 0 Å². The Kier molecular flexibility index (Phi) is 4.96. The van der Waals surface area contributed by atoms with E-state index in [2.05, 4.69) is 10.6 Å². The summed E-state index contributed by atoms with van der Waals surface area (Å²) in [7, 11) is 0. The van der Waals surface area contributed by atoms with Gasteiger partial charge in [0.1, 0.15) is 0 Å². The number of hydrogen-bond donors (Lipinski definition) is 3. The normalized spacial score (nSPS) is 21.7. The van der Waals surface area contributed by atoms with Crippen LogP contribution < -0.4 is 16.4 Å². The molecule has 0 unspecified atom stereocenters. The van der Waals surface area contributed by atoms with Crippen molar-refractivity contribution in [1.82, 2.24) is 0 Å². The van der Waals surface area contributed by atoms with Crippen LogP contribution in [0.15, 0.2) is 18.2 Å². The molecule has 1 saturated carbocycles. The van der Waals surface area contributed by atoms with E-state index in [1.54, 1.807) is 6.07 Å². The van der Waals surface area contributed by atoms with Gasteiger partial charge in [0, 0.05) is 30.3 Å². The van der Waals surface area contributed by atoms with Gasteiger partial charge in [0.2, 0.25) is 11.8 Å². The van der Waals surface area contributed by atoms with Gasteiger partial charge < -0.3 is 16.4 Å². The van der Waals surface area contributed by atoms with Gasteiger partial charge in [-0.1, -0.05) is 6.07 Å². The van der Waals surface area contributed by atoms with Crippen molar-refractivity contribution in [3.8, 4) is 0 Å². The second-order valence-electron chi connectivity index (χ2n) is 5.81. The van der Waals surface area contributed by atoms with Gasteiger partial charge in [0.05, 0.1) is 0 Å². The number of carbonyl (C=O) groups excluding carboxylic acids is 2. The van der Waals surface area contributed by atoms with E-state index in [0.717, 1.165) is 36.9 Å². The molecule has 4 N–H and O–H groups in total. The molecule has 0 saturated heterocycles. The van der Waals surface area contributed by atoms with Crippen molar-refractivity contribution in [2.24, 2.45) is 11.7 Å². The lowest BCUT2D eigenvalue weighted by molar-refractivity contribution is -0.120. The average Bonchev–Trinajstić information content (AvgIpc) is 2.42. The number of nitrogens with two attached hydrogens (primary N) is 1. The van der Waals surface area contributed by atoms with E-state index in [1.807, 2.05) is 19.1 Å². The Bertz CT molecular complexity index is 534. The molecule has 5 heteroatoms. The molecule has 0 aromatic heterocycles. The minimum atomic E-state index is -0.127. The summed E-state index contributed by atoms with van der Waals surface area (Å²) in [6.45, 7) is 3.40. The van der Waals surface area contributed by atoms with Crippen molar-refractivity contribution < 1.29 is 9.59 Å². The number of carbonyl (C=O) groups is 2. The minimum absolute atomic E-state index is 0.0358. The van der Waals surface area contributed by atoms with Crippen LogP contribution >= 0.6 is 0 Å². The van der Waals surface area contributed by atoms with Crippen molar-refractivity contribution in [3.63, 3.8) is 0 Å². The molecule has 1 fully saturated rings. The molecule has 5 nitrogen and oxygen atoms in total. The van der Waals surface area contributed by atoms with Crippen molar-refractivity contribution >= 4 is 23.2 Å². The monoisotopic (exact) mass is 289 g/mol. The molecule has 2 amide bonds. The minimum Gasteiger partial charge on any atom is -0.328 e. The summed E-state index contributed by atoms with van der Waals surface area (Å²) in [6, 6.07) is 5.74. The lowest BCUT2D eigenvalue weighted by atomic mass is 9.86. The first-order valence-corrected chi connectivity index (χ1v) is 7.40. The lowest BCUT2D eigenvalue weighted by Gasteiger charge is -2.25. The zero-order chi connectivity index (χ0) is 15.4. The molecule has 114 valence electrons. The van der Waals surface area contributed by atoms with Crippen molar-refractivity contribution in [3.05, 3.63) is 23.8 Å². The summed E-state index contributed by atoms with van der Waals surface area (Å²) < 4.78 is 0. The lowest BCUT2D eigenvalue weighted by Crippen LogP contribution is -2.32. The van der Waals surface area contributed by atoms with Crippen LogP contribution in [0.2, 0.25) is 0 Å². The predicted molar refractivity (Wildman–Crippen MR) is 84.0 cm³/mol. The largest absolute Gasteiger partial charge is 0.328 e. The highest BCUT2D eigenvalue weighted by atomic mass is 16.2. The zero-order valence-electron chi connectivity index (χ0n) is 12.6. The van der Waals surface area contributed by atoms with Crippen LogP contribution in [0.5, 0.6) is 0 Å². The maximum atomic E-state index is 12.3. The molecule has 1 aliphatic rings. The van der Waals surface area contributed by atoms with Gasteiger partial charge in [-0.05, 0) is 50.3 Å². The van der Waals surface area contributed by atoms with Crippen LogP contribution in [0.4, 0.5) is 11.4 Å². The number of amides is 2. The third kappa shape index (κ3) is 4.29. The van der Waals surface area contributed by atoms with Gasteiger partial charge in [-0.3, -0.25) is 9.59 Å². The van der Waals surface area contributed by atoms with Crippen molar-refractivity contribution in [2.45, 2.75) is 45.6 Å². The van der Waals surface area contributed by atoms with Crippen LogP contribution in [0, 0.1) is 12.8 Å². The van der Waals surface area contributed by atoms with Gasteiger partial charge in [-0.25, -0.2) is 0 Å². The average molecular weight is 289 g/mol. The third-order valence-corrected chi connectivity index (χ3v) is 3.96. The Hall–Kier alpha value is -1.88. The Labute approximate surface area is 125 Å².